The minimum Gasteiger partial charge on any atom is -0.453 e. The zero-order valence-electron chi connectivity index (χ0n) is 22.5. The zero-order chi connectivity index (χ0) is 28.6. The number of nitrogens with zero attached hydrogens (tertiary/aromatic N) is 3. The minimum absolute atomic E-state index is 0.0718. The standard InChI is InChI=1S/C30H28N6O4/c1-35(2)19-12-8-17(9-13-19)32-29(38)21-6-5-7-23-27(21)34-28-24(40-23)16-22(37)26(31)25(28)30(39)33-18-10-14-20(15-11-18)36(3)4/h5-16H,31H2,1-4H3,(H,32,38)(H,33,39). The van der Waals surface area contributed by atoms with Crippen molar-refractivity contribution in [1.82, 2.24) is 4.98 Å². The molecule has 2 aliphatic rings. The van der Waals surface area contributed by atoms with Crippen LogP contribution in [0.4, 0.5) is 28.4 Å². The number of hydrogen-bond donors (Lipinski definition) is 3. The SMILES string of the molecule is CN(C)c1ccc(NC(=O)c2c3nc4c(C(=O)Nc5ccc(N(C)C)cc5)cccc4oc-3cc(=O)c2N)cc1. The van der Waals surface area contributed by atoms with Crippen molar-refractivity contribution in [2.45, 2.75) is 0 Å². The minimum atomic E-state index is -0.622. The lowest BCUT2D eigenvalue weighted by atomic mass is 10.0. The summed E-state index contributed by atoms with van der Waals surface area (Å²) in [6.07, 6.45) is 0. The van der Waals surface area contributed by atoms with Crippen molar-refractivity contribution in [3.63, 3.8) is 0 Å². The summed E-state index contributed by atoms with van der Waals surface area (Å²) < 4.78 is 5.96. The Kier molecular flexibility index (Phi) is 6.83. The largest absolute Gasteiger partial charge is 0.453 e. The van der Waals surface area contributed by atoms with Gasteiger partial charge in [0, 0.05) is 57.0 Å². The number of nitrogens with two attached hydrogens (primary N) is 1. The number of aromatic nitrogens is 1. The summed E-state index contributed by atoms with van der Waals surface area (Å²) in [5.41, 5.74) is 9.00. The molecule has 0 atom stereocenters. The van der Waals surface area contributed by atoms with E-state index in [1.807, 2.05) is 62.3 Å². The third-order valence-electron chi connectivity index (χ3n) is 6.46. The molecule has 1 aliphatic heterocycles. The molecular weight excluding hydrogens is 508 g/mol. The number of benzene rings is 4. The van der Waals surface area contributed by atoms with E-state index in [2.05, 4.69) is 15.6 Å². The summed E-state index contributed by atoms with van der Waals surface area (Å²) in [5, 5.41) is 5.65. The number of anilines is 5. The highest BCUT2D eigenvalue weighted by Crippen LogP contribution is 2.32. The van der Waals surface area contributed by atoms with Crippen molar-refractivity contribution < 1.29 is 14.0 Å². The molecule has 0 radical (unpaired) electrons. The summed E-state index contributed by atoms with van der Waals surface area (Å²) in [7, 11) is 7.69. The molecule has 0 spiro atoms. The Morgan fingerprint density at radius 2 is 1.35 bits per heavy atom. The predicted molar refractivity (Wildman–Crippen MR) is 159 cm³/mol. The monoisotopic (exact) mass is 536 g/mol. The normalized spacial score (nSPS) is 10.9. The van der Waals surface area contributed by atoms with E-state index in [1.54, 1.807) is 42.5 Å². The van der Waals surface area contributed by atoms with Gasteiger partial charge in [0.15, 0.2) is 11.3 Å². The molecule has 5 rings (SSSR count). The van der Waals surface area contributed by atoms with Gasteiger partial charge in [-0.05, 0) is 60.7 Å². The number of rotatable bonds is 6. The number of carbonyl (C=O) groups is 2. The first-order valence-corrected chi connectivity index (χ1v) is 12.5. The van der Waals surface area contributed by atoms with Crippen LogP contribution in [0.25, 0.3) is 22.6 Å². The topological polar surface area (TPSA) is 134 Å². The third-order valence-corrected chi connectivity index (χ3v) is 6.46. The lowest BCUT2D eigenvalue weighted by Gasteiger charge is -2.16. The summed E-state index contributed by atoms with van der Waals surface area (Å²) >= 11 is 0. The van der Waals surface area contributed by atoms with E-state index in [-0.39, 0.29) is 39.4 Å². The fourth-order valence-corrected chi connectivity index (χ4v) is 4.27. The van der Waals surface area contributed by atoms with Crippen LogP contribution < -0.4 is 31.6 Å². The average Bonchev–Trinajstić information content (AvgIpc) is 2.93. The van der Waals surface area contributed by atoms with Crippen molar-refractivity contribution in [3.05, 3.63) is 94.1 Å². The molecule has 202 valence electrons. The molecule has 1 heterocycles. The van der Waals surface area contributed by atoms with Crippen molar-refractivity contribution in [2.24, 2.45) is 0 Å². The van der Waals surface area contributed by atoms with Gasteiger partial charge in [0.05, 0.1) is 16.8 Å². The van der Waals surface area contributed by atoms with Gasteiger partial charge in [-0.15, -0.1) is 0 Å². The lowest BCUT2D eigenvalue weighted by Crippen LogP contribution is -2.22. The van der Waals surface area contributed by atoms with Gasteiger partial charge in [0.25, 0.3) is 11.8 Å². The average molecular weight is 537 g/mol. The molecule has 2 amide bonds. The van der Waals surface area contributed by atoms with Gasteiger partial charge in [0.1, 0.15) is 11.2 Å². The van der Waals surface area contributed by atoms with Crippen LogP contribution in [0.2, 0.25) is 0 Å². The van der Waals surface area contributed by atoms with Gasteiger partial charge in [-0.25, -0.2) is 4.98 Å². The van der Waals surface area contributed by atoms with Crippen molar-refractivity contribution in [3.8, 4) is 11.5 Å². The quantitative estimate of drug-likeness (QED) is 0.213. The van der Waals surface area contributed by atoms with Gasteiger partial charge >= 0.3 is 0 Å². The highest BCUT2D eigenvalue weighted by Gasteiger charge is 2.26. The molecule has 3 aromatic rings. The van der Waals surface area contributed by atoms with Crippen LogP contribution in [-0.2, 0) is 0 Å². The van der Waals surface area contributed by atoms with Crippen LogP contribution in [0.15, 0.2) is 82.0 Å². The molecule has 0 unspecified atom stereocenters. The number of para-hydroxylation sites is 1. The van der Waals surface area contributed by atoms with E-state index in [1.165, 1.54) is 6.07 Å². The van der Waals surface area contributed by atoms with Gasteiger partial charge in [0.2, 0.25) is 5.43 Å². The van der Waals surface area contributed by atoms with Crippen LogP contribution in [0.5, 0.6) is 0 Å². The first kappa shape index (κ1) is 26.2. The van der Waals surface area contributed by atoms with E-state index in [0.29, 0.717) is 11.4 Å². The number of hydrogen-bond acceptors (Lipinski definition) is 8. The van der Waals surface area contributed by atoms with Crippen LogP contribution in [0, 0.1) is 0 Å². The second-order valence-electron chi connectivity index (χ2n) is 9.67. The molecular formula is C30H28N6O4. The van der Waals surface area contributed by atoms with Gasteiger partial charge in [-0.3, -0.25) is 14.4 Å². The van der Waals surface area contributed by atoms with Crippen LogP contribution in [-0.4, -0.2) is 45.0 Å². The van der Waals surface area contributed by atoms with Crippen LogP contribution >= 0.6 is 0 Å². The maximum atomic E-state index is 13.4. The summed E-state index contributed by atoms with van der Waals surface area (Å²) in [4.78, 5) is 47.8. The molecule has 0 bridgehead atoms. The van der Waals surface area contributed by atoms with Gasteiger partial charge < -0.3 is 30.6 Å². The lowest BCUT2D eigenvalue weighted by molar-refractivity contribution is 0.102. The Balaban J connectivity index is 1.55. The third kappa shape index (κ3) is 5.02. The summed E-state index contributed by atoms with van der Waals surface area (Å²) in [6, 6.07) is 20.7. The first-order valence-electron chi connectivity index (χ1n) is 12.5. The summed E-state index contributed by atoms with van der Waals surface area (Å²) in [6.45, 7) is 0. The highest BCUT2D eigenvalue weighted by atomic mass is 16.3. The number of fused-ring (bicyclic) bond motifs is 2. The predicted octanol–water partition coefficient (Wildman–Crippen LogP) is 4.51. The zero-order valence-corrected chi connectivity index (χ0v) is 22.5. The number of nitrogens with one attached hydrogen (secondary N) is 2. The van der Waals surface area contributed by atoms with Crippen molar-refractivity contribution in [1.29, 1.82) is 0 Å². The second kappa shape index (κ2) is 10.4. The van der Waals surface area contributed by atoms with Crippen LogP contribution in [0.1, 0.15) is 20.7 Å². The highest BCUT2D eigenvalue weighted by molar-refractivity contribution is 6.14. The molecule has 1 aliphatic carbocycles. The Labute approximate surface area is 230 Å². The van der Waals surface area contributed by atoms with E-state index < -0.39 is 17.2 Å². The van der Waals surface area contributed by atoms with Crippen LogP contribution in [0.3, 0.4) is 0 Å². The van der Waals surface area contributed by atoms with Gasteiger partial charge in [-0.2, -0.15) is 0 Å². The molecule has 10 heteroatoms. The Morgan fingerprint density at radius 3 is 1.90 bits per heavy atom. The number of amides is 2. The molecule has 0 fully saturated rings. The fraction of sp³-hybridized carbons (Fsp3) is 0.133. The Bertz CT molecular complexity index is 1760. The molecule has 0 aromatic heterocycles. The summed E-state index contributed by atoms with van der Waals surface area (Å²) in [5.74, 6) is -0.954. The number of nitrogen functional groups attached to an aromatic ring is 1. The molecule has 10 nitrogen and oxygen atoms in total. The van der Waals surface area contributed by atoms with Crippen molar-refractivity contribution >= 4 is 51.4 Å². The fourth-order valence-electron chi connectivity index (χ4n) is 4.27. The molecule has 0 saturated heterocycles. The van der Waals surface area contributed by atoms with Gasteiger partial charge in [-0.1, -0.05) is 6.07 Å². The van der Waals surface area contributed by atoms with E-state index in [0.717, 1.165) is 11.4 Å². The molecule has 0 saturated carbocycles. The maximum Gasteiger partial charge on any atom is 0.260 e. The second-order valence-corrected chi connectivity index (χ2v) is 9.67. The molecule has 4 N–H and O–H groups in total. The molecule has 3 aromatic carbocycles. The Morgan fingerprint density at radius 1 is 0.800 bits per heavy atom. The smallest absolute Gasteiger partial charge is 0.260 e. The van der Waals surface area contributed by atoms with E-state index >= 15 is 0 Å². The Hall–Kier alpha value is -5.38. The van der Waals surface area contributed by atoms with E-state index in [4.69, 9.17) is 10.2 Å². The number of carbonyl (C=O) groups excluding carboxylic acids is 2. The molecule has 40 heavy (non-hydrogen) atoms. The maximum absolute atomic E-state index is 13.4. The van der Waals surface area contributed by atoms with E-state index in [9.17, 15) is 14.4 Å². The van der Waals surface area contributed by atoms with Crippen molar-refractivity contribution in [2.75, 3.05) is 54.4 Å². The first-order chi connectivity index (χ1) is 19.1.